The number of ether oxygens (including phenoxy) is 1. The predicted octanol–water partition coefficient (Wildman–Crippen LogP) is 3.90. The Labute approximate surface area is 132 Å². The lowest BCUT2D eigenvalue weighted by molar-refractivity contribution is 0.184. The van der Waals surface area contributed by atoms with Gasteiger partial charge in [-0.25, -0.2) is 4.39 Å². The monoisotopic (exact) mass is 323 g/mol. The number of hydrogen-bond donors (Lipinski definition) is 1. The van der Waals surface area contributed by atoms with E-state index < -0.39 is 0 Å². The quantitative estimate of drug-likeness (QED) is 0.930. The van der Waals surface area contributed by atoms with Crippen LogP contribution in [0.15, 0.2) is 47.4 Å². The maximum absolute atomic E-state index is 13.3. The highest BCUT2D eigenvalue weighted by atomic mass is 35.5. The molecular formula is C16H15ClFNOS. The summed E-state index contributed by atoms with van der Waals surface area (Å²) in [6, 6.07) is 12.0. The molecule has 1 heterocycles. The lowest BCUT2D eigenvalue weighted by Gasteiger charge is -2.30. The summed E-state index contributed by atoms with van der Waals surface area (Å²) in [5.41, 5.74) is 6.96. The Balaban J connectivity index is 1.72. The number of hydrogen-bond acceptors (Lipinski definition) is 3. The molecular weight excluding hydrogens is 309 g/mol. The van der Waals surface area contributed by atoms with Gasteiger partial charge in [0.15, 0.2) is 0 Å². The zero-order valence-electron chi connectivity index (χ0n) is 11.3. The number of nitrogens with two attached hydrogens (primary N) is 1. The van der Waals surface area contributed by atoms with Crippen LogP contribution in [-0.4, -0.2) is 17.9 Å². The molecule has 0 spiro atoms. The Bertz CT molecular complexity index is 652. The molecule has 5 heteroatoms. The van der Waals surface area contributed by atoms with E-state index in [2.05, 4.69) is 0 Å². The van der Waals surface area contributed by atoms with E-state index in [-0.39, 0.29) is 18.0 Å². The third kappa shape index (κ3) is 3.34. The van der Waals surface area contributed by atoms with Crippen molar-refractivity contribution in [2.24, 2.45) is 5.73 Å². The van der Waals surface area contributed by atoms with Crippen LogP contribution in [0.5, 0.6) is 5.75 Å². The van der Waals surface area contributed by atoms with Gasteiger partial charge in [-0.05, 0) is 42.3 Å². The largest absolute Gasteiger partial charge is 0.487 e. The number of para-hydroxylation sites is 1. The summed E-state index contributed by atoms with van der Waals surface area (Å²) in [6.45, 7) is 0. The molecule has 0 amide bonds. The second-order valence-corrected chi connectivity index (χ2v) is 6.49. The average Bonchev–Trinajstić information content (AvgIpc) is 2.50. The van der Waals surface area contributed by atoms with Crippen molar-refractivity contribution in [2.75, 3.05) is 5.75 Å². The van der Waals surface area contributed by atoms with E-state index in [1.807, 2.05) is 24.3 Å². The first kappa shape index (κ1) is 14.7. The number of thioether (sulfide) groups is 1. The number of benzene rings is 2. The number of halogens is 2. The molecule has 0 radical (unpaired) electrons. The van der Waals surface area contributed by atoms with Crippen molar-refractivity contribution in [1.82, 2.24) is 0 Å². The normalized spacial score (nSPS) is 18.7. The van der Waals surface area contributed by atoms with E-state index in [1.165, 1.54) is 12.1 Å². The third-order valence-corrected chi connectivity index (χ3v) is 4.98. The SMILES string of the molecule is NC(Cc1cc(F)ccc1Cl)C1CSc2ccccc2O1. The molecule has 2 N–H and O–H groups in total. The maximum atomic E-state index is 13.3. The van der Waals surface area contributed by atoms with Crippen LogP contribution in [0.4, 0.5) is 4.39 Å². The summed E-state index contributed by atoms with van der Waals surface area (Å²) in [6.07, 6.45) is 0.383. The van der Waals surface area contributed by atoms with Gasteiger partial charge in [0.2, 0.25) is 0 Å². The van der Waals surface area contributed by atoms with Gasteiger partial charge < -0.3 is 10.5 Å². The molecule has 0 bridgehead atoms. The Morgan fingerprint density at radius 2 is 2.14 bits per heavy atom. The van der Waals surface area contributed by atoms with Crippen molar-refractivity contribution in [2.45, 2.75) is 23.5 Å². The summed E-state index contributed by atoms with van der Waals surface area (Å²) in [5.74, 6) is 1.34. The molecule has 0 saturated carbocycles. The van der Waals surface area contributed by atoms with Gasteiger partial charge in [-0.15, -0.1) is 11.8 Å². The first-order valence-electron chi connectivity index (χ1n) is 6.71. The summed E-state index contributed by atoms with van der Waals surface area (Å²) >= 11 is 7.82. The van der Waals surface area contributed by atoms with E-state index in [0.717, 1.165) is 22.0 Å². The van der Waals surface area contributed by atoms with Gasteiger partial charge in [-0.1, -0.05) is 23.7 Å². The molecule has 2 atom stereocenters. The molecule has 2 aromatic rings. The number of rotatable bonds is 3. The predicted molar refractivity (Wildman–Crippen MR) is 84.7 cm³/mol. The molecule has 110 valence electrons. The molecule has 1 aliphatic heterocycles. The van der Waals surface area contributed by atoms with E-state index in [1.54, 1.807) is 17.8 Å². The molecule has 0 aliphatic carbocycles. The zero-order chi connectivity index (χ0) is 14.8. The fourth-order valence-corrected chi connectivity index (χ4v) is 3.62. The van der Waals surface area contributed by atoms with Crippen LogP contribution in [0.1, 0.15) is 5.56 Å². The van der Waals surface area contributed by atoms with Gasteiger partial charge in [-0.2, -0.15) is 0 Å². The molecule has 2 unspecified atom stereocenters. The summed E-state index contributed by atoms with van der Waals surface area (Å²) in [5, 5.41) is 0.538. The second-order valence-electron chi connectivity index (χ2n) is 5.02. The van der Waals surface area contributed by atoms with Crippen molar-refractivity contribution in [3.63, 3.8) is 0 Å². The molecule has 3 rings (SSSR count). The van der Waals surface area contributed by atoms with Gasteiger partial charge in [0, 0.05) is 21.7 Å². The minimum Gasteiger partial charge on any atom is -0.487 e. The summed E-state index contributed by atoms with van der Waals surface area (Å²) in [4.78, 5) is 1.13. The van der Waals surface area contributed by atoms with Crippen LogP contribution in [0.2, 0.25) is 5.02 Å². The van der Waals surface area contributed by atoms with Crippen molar-refractivity contribution in [3.8, 4) is 5.75 Å². The van der Waals surface area contributed by atoms with Crippen LogP contribution in [0.25, 0.3) is 0 Å². The van der Waals surface area contributed by atoms with E-state index in [4.69, 9.17) is 22.1 Å². The first-order chi connectivity index (χ1) is 10.1. The van der Waals surface area contributed by atoms with Gasteiger partial charge in [0.05, 0.1) is 0 Å². The standard InChI is InChI=1S/C16H15ClFNOS/c17-12-6-5-11(18)7-10(12)8-13(19)15-9-21-16-4-2-1-3-14(16)20-15/h1-7,13,15H,8-9,19H2. The van der Waals surface area contributed by atoms with Crippen molar-refractivity contribution in [3.05, 3.63) is 58.9 Å². The van der Waals surface area contributed by atoms with Crippen molar-refractivity contribution in [1.29, 1.82) is 0 Å². The van der Waals surface area contributed by atoms with Crippen LogP contribution in [0, 0.1) is 5.82 Å². The van der Waals surface area contributed by atoms with E-state index in [9.17, 15) is 4.39 Å². The molecule has 21 heavy (non-hydrogen) atoms. The van der Waals surface area contributed by atoms with E-state index >= 15 is 0 Å². The lowest BCUT2D eigenvalue weighted by Crippen LogP contribution is -2.43. The fraction of sp³-hybridized carbons (Fsp3) is 0.250. The Morgan fingerprint density at radius 3 is 3.00 bits per heavy atom. The van der Waals surface area contributed by atoms with Crippen LogP contribution in [0.3, 0.4) is 0 Å². The minimum atomic E-state index is -0.300. The highest BCUT2D eigenvalue weighted by Gasteiger charge is 2.26. The molecule has 0 fully saturated rings. The maximum Gasteiger partial charge on any atom is 0.133 e. The van der Waals surface area contributed by atoms with E-state index in [0.29, 0.717) is 11.4 Å². The van der Waals surface area contributed by atoms with Gasteiger partial charge in [0.25, 0.3) is 0 Å². The molecule has 2 aromatic carbocycles. The van der Waals surface area contributed by atoms with Crippen molar-refractivity contribution < 1.29 is 9.13 Å². The highest BCUT2D eigenvalue weighted by Crippen LogP contribution is 2.36. The minimum absolute atomic E-state index is 0.107. The lowest BCUT2D eigenvalue weighted by atomic mass is 10.0. The molecule has 0 saturated heterocycles. The van der Waals surface area contributed by atoms with Gasteiger partial charge in [0.1, 0.15) is 17.7 Å². The van der Waals surface area contributed by atoms with Crippen LogP contribution < -0.4 is 10.5 Å². The Kier molecular flexibility index (Phi) is 4.38. The van der Waals surface area contributed by atoms with Crippen molar-refractivity contribution >= 4 is 23.4 Å². The smallest absolute Gasteiger partial charge is 0.133 e. The molecule has 2 nitrogen and oxygen atoms in total. The van der Waals surface area contributed by atoms with Crippen LogP contribution >= 0.6 is 23.4 Å². The second kappa shape index (κ2) is 6.26. The first-order valence-corrected chi connectivity index (χ1v) is 8.08. The summed E-state index contributed by atoms with van der Waals surface area (Å²) < 4.78 is 19.3. The zero-order valence-corrected chi connectivity index (χ0v) is 12.8. The Morgan fingerprint density at radius 1 is 1.33 bits per heavy atom. The third-order valence-electron chi connectivity index (χ3n) is 3.47. The van der Waals surface area contributed by atoms with Crippen LogP contribution in [-0.2, 0) is 6.42 Å². The summed E-state index contributed by atoms with van der Waals surface area (Å²) in [7, 11) is 0. The highest BCUT2D eigenvalue weighted by molar-refractivity contribution is 7.99. The fourth-order valence-electron chi connectivity index (χ4n) is 2.33. The van der Waals surface area contributed by atoms with Gasteiger partial charge >= 0.3 is 0 Å². The molecule has 0 aromatic heterocycles. The Hall–Kier alpha value is -1.23. The average molecular weight is 324 g/mol. The number of fused-ring (bicyclic) bond motifs is 1. The molecule has 1 aliphatic rings. The van der Waals surface area contributed by atoms with Gasteiger partial charge in [-0.3, -0.25) is 0 Å². The topological polar surface area (TPSA) is 35.2 Å².